The molecule has 0 heterocycles. The summed E-state index contributed by atoms with van der Waals surface area (Å²) < 4.78 is 50.6. The van der Waals surface area contributed by atoms with Crippen LogP contribution in [-0.2, 0) is 14.2 Å². The van der Waals surface area contributed by atoms with E-state index in [4.69, 9.17) is 44.0 Å². The van der Waals surface area contributed by atoms with Gasteiger partial charge in [-0.2, -0.15) is 12.6 Å². The van der Waals surface area contributed by atoms with Gasteiger partial charge in [0.2, 0.25) is 0 Å². The maximum Gasteiger partial charge on any atom is 0.410 e. The number of anilines is 2. The Morgan fingerprint density at radius 3 is 0.962 bits per heavy atom. The summed E-state index contributed by atoms with van der Waals surface area (Å²) in [5.74, 6) is 2.78. The van der Waals surface area contributed by atoms with Crippen molar-refractivity contribution in [3.8, 4) is 23.0 Å². The van der Waals surface area contributed by atoms with E-state index in [1.807, 2.05) is 168 Å². The lowest BCUT2D eigenvalue weighted by Gasteiger charge is -2.30. The van der Waals surface area contributed by atoms with Crippen LogP contribution >= 0.6 is 12.6 Å². The number of nitro benzene ring substituents is 3. The van der Waals surface area contributed by atoms with E-state index in [0.29, 0.717) is 81.1 Å². The minimum absolute atomic E-state index is 0.00918. The average molecular weight is 1490 g/mol. The molecule has 5 rings (SSSR count). The fourth-order valence-electron chi connectivity index (χ4n) is 7.51. The molecule has 27 nitrogen and oxygen atoms in total. The Morgan fingerprint density at radius 2 is 0.721 bits per heavy atom. The number of nitrogens with two attached hydrogens (primary N) is 1. The SMILES string of the molecule is CC.CC.CC(C)N(CCOc1ccc(N)cc1)C(=O)OC(C)(C)C.CC(C)N(CCOc1ccc(NCS)cc1)C(=O)OC(C)(C)C.CC(C)N(CCOc1ccc([N+](=O)[O-])cc1)C(=O)OC(C)(C)C.CC(C)NCCO.CC(C)NCCOc1ccc([N+](=O)[O-])cc1.O=[N+]([O-])c1ccc(F)cc1. The van der Waals surface area contributed by atoms with Crippen LogP contribution in [0.3, 0.4) is 0 Å². The number of ether oxygens (including phenoxy) is 7. The number of nitro groups is 3. The molecule has 5 aromatic rings. The van der Waals surface area contributed by atoms with Gasteiger partial charge in [-0.25, -0.2) is 18.8 Å². The maximum atomic E-state index is 12.2. The summed E-state index contributed by atoms with van der Waals surface area (Å²) >= 11 is 4.11. The first kappa shape index (κ1) is 99.2. The van der Waals surface area contributed by atoms with E-state index in [1.165, 1.54) is 36.4 Å². The van der Waals surface area contributed by atoms with Crippen LogP contribution in [0.2, 0.25) is 0 Å². The second-order valence-corrected chi connectivity index (χ2v) is 26.6. The second kappa shape index (κ2) is 54.7. The number of hydrogen-bond acceptors (Lipinski definition) is 22. The van der Waals surface area contributed by atoms with Crippen LogP contribution < -0.4 is 40.6 Å². The number of aliphatic hydroxyl groups excluding tert-OH is 1. The highest BCUT2D eigenvalue weighted by atomic mass is 32.1. The molecule has 0 fully saturated rings. The van der Waals surface area contributed by atoms with E-state index in [9.17, 15) is 49.1 Å². The van der Waals surface area contributed by atoms with Gasteiger partial charge in [0.05, 0.1) is 46.9 Å². The van der Waals surface area contributed by atoms with Crippen LogP contribution in [0.15, 0.2) is 121 Å². The number of hydrogen-bond donors (Lipinski definition) is 6. The standard InChI is InChI=1S/C17H28N2O3S.C16H24N2O5.C16H26N2O3.C11H16N2O3.C6H4FNO2.C5H13NO.2C2H6/c1-13(2)19(16(20)22-17(3,4)5)10-11-21-15-8-6-14(7-9-15)18-12-23;1-12(2)17(15(19)23-16(3,4)5)10-11-22-14-8-6-13(7-9-14)18(20)21;1-12(2)18(15(19)21-16(3,4)5)10-11-20-14-8-6-13(17)7-9-14;1-9(2)12-7-8-16-11-5-3-10(4-6-11)13(14)15;7-5-1-3-6(4-2-5)8(9)10;1-5(2)6-3-4-7;2*1-2/h6-9,13,18,23H,10-12H2,1-5H3;6-9,12H,10-11H2,1-5H3;6-9,12H,10-11,17H2,1-5H3;3-6,9,12H,7-8H2,1-2H3;1-4H;5-7H,3-4H2,1-2H3;2*1-2H3. The van der Waals surface area contributed by atoms with Crippen molar-refractivity contribution in [3.05, 3.63) is 157 Å². The van der Waals surface area contributed by atoms with E-state index in [0.717, 1.165) is 48.0 Å². The molecule has 0 unspecified atom stereocenters. The Bertz CT molecular complexity index is 3100. The molecule has 0 aliphatic carbocycles. The van der Waals surface area contributed by atoms with Crippen molar-refractivity contribution in [2.45, 2.75) is 206 Å². The Kier molecular flexibility index (Phi) is 52.2. The average Bonchev–Trinajstić information content (AvgIpc) is 0.889. The minimum atomic E-state index is -0.570. The molecule has 104 heavy (non-hydrogen) atoms. The normalized spacial score (nSPS) is 10.6. The lowest BCUT2D eigenvalue weighted by Crippen LogP contribution is -2.43. The molecule has 6 N–H and O–H groups in total. The number of halogens is 1. The third kappa shape index (κ3) is 51.3. The lowest BCUT2D eigenvalue weighted by molar-refractivity contribution is -0.385. The predicted molar refractivity (Wildman–Crippen MR) is 416 cm³/mol. The fourth-order valence-corrected chi connectivity index (χ4v) is 7.70. The van der Waals surface area contributed by atoms with Crippen molar-refractivity contribution in [2.24, 2.45) is 0 Å². The summed E-state index contributed by atoms with van der Waals surface area (Å²) in [7, 11) is 0. The minimum Gasteiger partial charge on any atom is -0.492 e. The van der Waals surface area contributed by atoms with Gasteiger partial charge in [0, 0.05) is 91.1 Å². The first-order valence-electron chi connectivity index (χ1n) is 34.8. The third-order valence-electron chi connectivity index (χ3n) is 12.3. The molecule has 0 radical (unpaired) electrons. The predicted octanol–water partition coefficient (Wildman–Crippen LogP) is 16.7. The highest BCUT2D eigenvalue weighted by molar-refractivity contribution is 7.80. The monoisotopic (exact) mass is 1490 g/mol. The molecule has 3 amide bonds. The number of nitrogens with zero attached hydrogens (tertiary/aromatic N) is 6. The van der Waals surface area contributed by atoms with E-state index in [-0.39, 0.29) is 66.7 Å². The van der Waals surface area contributed by atoms with Crippen molar-refractivity contribution in [1.82, 2.24) is 25.3 Å². The quantitative estimate of drug-likeness (QED) is 0.00515. The number of rotatable bonds is 28. The number of nitrogen functional groups attached to an aromatic ring is 1. The summed E-state index contributed by atoms with van der Waals surface area (Å²) in [5, 5.41) is 48.6. The topological polar surface area (TPSA) is 337 Å². The van der Waals surface area contributed by atoms with Crippen molar-refractivity contribution in [2.75, 3.05) is 82.7 Å². The first-order valence-corrected chi connectivity index (χ1v) is 35.5. The van der Waals surface area contributed by atoms with Gasteiger partial charge in [0.25, 0.3) is 17.1 Å². The number of carbonyl (C=O) groups excluding carboxylic acids is 3. The Labute approximate surface area is 623 Å². The zero-order valence-electron chi connectivity index (χ0n) is 65.8. The highest BCUT2D eigenvalue weighted by Gasteiger charge is 2.27. The molecule has 588 valence electrons. The molecule has 0 aliphatic rings. The number of thiol groups is 1. The van der Waals surface area contributed by atoms with E-state index >= 15 is 0 Å². The van der Waals surface area contributed by atoms with Gasteiger partial charge in [-0.15, -0.1) is 0 Å². The molecule has 0 aromatic heterocycles. The number of amides is 3. The summed E-state index contributed by atoms with van der Waals surface area (Å²) in [4.78, 5) is 70.9. The van der Waals surface area contributed by atoms with Gasteiger partial charge < -0.3 is 74.6 Å². The van der Waals surface area contributed by atoms with Gasteiger partial charge >= 0.3 is 18.3 Å². The molecule has 29 heteroatoms. The van der Waals surface area contributed by atoms with Crippen LogP contribution in [0.25, 0.3) is 0 Å². The summed E-state index contributed by atoms with van der Waals surface area (Å²) in [6, 6.07) is 32.1. The molecule has 0 aliphatic heterocycles. The summed E-state index contributed by atoms with van der Waals surface area (Å²) in [6.07, 6.45) is -1.03. The molecule has 0 spiro atoms. The Hall–Kier alpha value is -8.93. The zero-order chi connectivity index (χ0) is 80.3. The van der Waals surface area contributed by atoms with Crippen molar-refractivity contribution < 1.29 is 71.8 Å². The first-order chi connectivity index (χ1) is 48.6. The van der Waals surface area contributed by atoms with Crippen LogP contribution in [-0.4, -0.2) is 172 Å². The molecule has 0 bridgehead atoms. The molecule has 0 saturated carbocycles. The van der Waals surface area contributed by atoms with Gasteiger partial charge in [-0.05, 0) is 189 Å². The number of aliphatic hydroxyl groups is 1. The van der Waals surface area contributed by atoms with Crippen molar-refractivity contribution in [1.29, 1.82) is 0 Å². The molecular formula is C75H123FN10O17S. The zero-order valence-corrected chi connectivity index (χ0v) is 66.7. The van der Waals surface area contributed by atoms with Gasteiger partial charge in [-0.1, -0.05) is 55.4 Å². The Morgan fingerprint density at radius 1 is 0.462 bits per heavy atom. The van der Waals surface area contributed by atoms with Gasteiger partial charge in [0.1, 0.15) is 72.0 Å². The highest BCUT2D eigenvalue weighted by Crippen LogP contribution is 2.22. The van der Waals surface area contributed by atoms with Crippen LogP contribution in [0.1, 0.15) is 159 Å². The van der Waals surface area contributed by atoms with Gasteiger partial charge in [-0.3, -0.25) is 30.3 Å². The van der Waals surface area contributed by atoms with Gasteiger partial charge in [0.15, 0.2) is 0 Å². The fraction of sp³-hybridized carbons (Fsp3) is 0.560. The second-order valence-electron chi connectivity index (χ2n) is 26.3. The molecule has 0 atom stereocenters. The largest absolute Gasteiger partial charge is 0.492 e. The summed E-state index contributed by atoms with van der Waals surface area (Å²) in [5.41, 5.74) is 5.74. The van der Waals surface area contributed by atoms with Crippen molar-refractivity contribution in [3.63, 3.8) is 0 Å². The van der Waals surface area contributed by atoms with Crippen LogP contribution in [0.4, 0.5) is 47.2 Å². The maximum absolute atomic E-state index is 12.2. The van der Waals surface area contributed by atoms with Crippen LogP contribution in [0, 0.1) is 36.2 Å². The number of non-ortho nitro benzene ring substituents is 3. The van der Waals surface area contributed by atoms with E-state index in [2.05, 4.69) is 56.3 Å². The molecule has 0 saturated heterocycles. The smallest absolute Gasteiger partial charge is 0.410 e. The van der Waals surface area contributed by atoms with Crippen LogP contribution in [0.5, 0.6) is 23.0 Å². The lowest BCUT2D eigenvalue weighted by atomic mass is 10.2. The number of benzene rings is 5. The van der Waals surface area contributed by atoms with E-state index in [1.54, 1.807) is 39.0 Å². The van der Waals surface area contributed by atoms with E-state index < -0.39 is 37.4 Å². The molecular weight excluding hydrogens is 1360 g/mol. The number of carbonyl (C=O) groups is 3. The third-order valence-corrected chi connectivity index (χ3v) is 12.5. The number of nitrogens with one attached hydrogen (secondary N) is 3. The summed E-state index contributed by atoms with van der Waals surface area (Å²) in [6.45, 7) is 49.1. The Balaban J connectivity index is -0.00000120. The molecule has 5 aromatic carbocycles. The van der Waals surface area contributed by atoms with Crippen molar-refractivity contribution >= 4 is 59.3 Å².